The normalized spacial score (nSPS) is 40.7. The van der Waals surface area contributed by atoms with Crippen LogP contribution in [0.2, 0.25) is 0 Å². The first-order chi connectivity index (χ1) is 9.92. The molecule has 0 aromatic rings. The molecule has 0 radical (unpaired) electrons. The van der Waals surface area contributed by atoms with Gasteiger partial charge in [-0.15, -0.1) is 0 Å². The molecule has 6 nitrogen and oxygen atoms in total. The highest BCUT2D eigenvalue weighted by molar-refractivity contribution is 6.00. The van der Waals surface area contributed by atoms with Crippen molar-refractivity contribution >= 4 is 11.9 Å². The second kappa shape index (κ2) is 5.25. The molecular weight excluding hydrogens is 270 g/mol. The molecule has 2 saturated heterocycles. The fourth-order valence-electron chi connectivity index (χ4n) is 3.81. The average Bonchev–Trinajstić information content (AvgIpc) is 2.90. The van der Waals surface area contributed by atoms with E-state index in [0.717, 1.165) is 25.7 Å². The summed E-state index contributed by atoms with van der Waals surface area (Å²) in [5, 5.41) is 2.52. The number of carbonyl (C=O) groups excluding carboxylic acids is 2. The maximum atomic E-state index is 12.2. The summed E-state index contributed by atoms with van der Waals surface area (Å²) in [5.41, 5.74) is 5.55. The summed E-state index contributed by atoms with van der Waals surface area (Å²) >= 11 is 0. The first kappa shape index (κ1) is 14.8. The predicted octanol–water partition coefficient (Wildman–Crippen LogP) is 0.853. The molecule has 1 saturated carbocycles. The Kier molecular flexibility index (Phi) is 3.69. The zero-order valence-electron chi connectivity index (χ0n) is 12.7. The quantitative estimate of drug-likeness (QED) is 0.791. The summed E-state index contributed by atoms with van der Waals surface area (Å²) in [5.74, 6) is -0.169. The van der Waals surface area contributed by atoms with Crippen LogP contribution in [-0.2, 0) is 9.53 Å². The second-order valence-corrected chi connectivity index (χ2v) is 7.35. The van der Waals surface area contributed by atoms with Gasteiger partial charge in [0.25, 0.3) is 0 Å². The molecule has 0 bridgehead atoms. The molecule has 21 heavy (non-hydrogen) atoms. The van der Waals surface area contributed by atoms with Crippen LogP contribution >= 0.6 is 0 Å². The molecule has 2 aliphatic heterocycles. The van der Waals surface area contributed by atoms with Crippen LogP contribution in [0.1, 0.15) is 39.0 Å². The molecular formula is C15H25N3O3. The minimum Gasteiger partial charge on any atom is -0.380 e. The van der Waals surface area contributed by atoms with E-state index in [1.54, 1.807) is 0 Å². The van der Waals surface area contributed by atoms with Gasteiger partial charge in [0.05, 0.1) is 12.0 Å². The third-order valence-corrected chi connectivity index (χ3v) is 5.40. The highest BCUT2D eigenvalue weighted by atomic mass is 16.5. The number of ether oxygens (including phenoxy) is 1. The van der Waals surface area contributed by atoms with Crippen molar-refractivity contribution in [3.8, 4) is 0 Å². The van der Waals surface area contributed by atoms with Crippen molar-refractivity contribution in [1.29, 1.82) is 0 Å². The lowest BCUT2D eigenvalue weighted by molar-refractivity contribution is -0.133. The average molecular weight is 295 g/mol. The molecule has 1 atom stereocenters. The molecule has 2 heterocycles. The Labute approximate surface area is 125 Å². The summed E-state index contributed by atoms with van der Waals surface area (Å²) in [6.07, 6.45) is 4.80. The largest absolute Gasteiger partial charge is 0.380 e. The molecule has 1 aliphatic carbocycles. The van der Waals surface area contributed by atoms with Crippen molar-refractivity contribution in [3.63, 3.8) is 0 Å². The second-order valence-electron chi connectivity index (χ2n) is 7.35. The number of hydrogen-bond donors (Lipinski definition) is 2. The van der Waals surface area contributed by atoms with Gasteiger partial charge in [0.2, 0.25) is 5.91 Å². The number of nitrogens with two attached hydrogens (primary N) is 1. The van der Waals surface area contributed by atoms with Gasteiger partial charge in [-0.1, -0.05) is 6.92 Å². The minimum absolute atomic E-state index is 0.105. The van der Waals surface area contributed by atoms with E-state index in [0.29, 0.717) is 38.8 Å². The molecule has 3 amide bonds. The predicted molar refractivity (Wildman–Crippen MR) is 77.5 cm³/mol. The van der Waals surface area contributed by atoms with Gasteiger partial charge in [-0.05, 0) is 37.5 Å². The van der Waals surface area contributed by atoms with Crippen LogP contribution in [-0.4, -0.2) is 49.2 Å². The summed E-state index contributed by atoms with van der Waals surface area (Å²) in [6, 6.07) is 0.0398. The summed E-state index contributed by atoms with van der Waals surface area (Å²) < 4.78 is 5.41. The molecule has 0 aromatic heterocycles. The van der Waals surface area contributed by atoms with Gasteiger partial charge in [-0.3, -0.25) is 10.1 Å². The Bertz CT molecular complexity index is 437. The third kappa shape index (κ3) is 2.79. The van der Waals surface area contributed by atoms with E-state index in [-0.39, 0.29) is 17.4 Å². The van der Waals surface area contributed by atoms with E-state index in [1.165, 1.54) is 0 Å². The summed E-state index contributed by atoms with van der Waals surface area (Å²) in [4.78, 5) is 26.1. The van der Waals surface area contributed by atoms with Crippen LogP contribution in [0.4, 0.5) is 4.79 Å². The van der Waals surface area contributed by atoms with Crippen molar-refractivity contribution in [3.05, 3.63) is 0 Å². The van der Waals surface area contributed by atoms with E-state index in [1.807, 2.05) is 4.90 Å². The molecule has 1 unspecified atom stereocenters. The highest BCUT2D eigenvalue weighted by Crippen LogP contribution is 2.39. The van der Waals surface area contributed by atoms with Crippen molar-refractivity contribution in [2.45, 2.75) is 45.1 Å². The van der Waals surface area contributed by atoms with E-state index in [4.69, 9.17) is 10.5 Å². The van der Waals surface area contributed by atoms with Gasteiger partial charge >= 0.3 is 6.03 Å². The molecule has 118 valence electrons. The third-order valence-electron chi connectivity index (χ3n) is 5.40. The maximum Gasteiger partial charge on any atom is 0.324 e. The number of imide groups is 1. The number of amides is 3. The number of rotatable bonds is 2. The maximum absolute atomic E-state index is 12.2. The van der Waals surface area contributed by atoms with Gasteiger partial charge in [-0.2, -0.15) is 0 Å². The summed E-state index contributed by atoms with van der Waals surface area (Å²) in [6.45, 7) is 4.42. The lowest BCUT2D eigenvalue weighted by atomic mass is 9.73. The molecule has 3 N–H and O–H groups in total. The Morgan fingerprint density at radius 1 is 1.33 bits per heavy atom. The van der Waals surface area contributed by atoms with E-state index >= 15 is 0 Å². The lowest BCUT2D eigenvalue weighted by Crippen LogP contribution is -2.62. The lowest BCUT2D eigenvalue weighted by Gasteiger charge is -2.44. The fraction of sp³-hybridized carbons (Fsp3) is 0.867. The minimum atomic E-state index is -0.532. The Morgan fingerprint density at radius 3 is 2.67 bits per heavy atom. The fourth-order valence-corrected chi connectivity index (χ4v) is 3.81. The summed E-state index contributed by atoms with van der Waals surface area (Å²) in [7, 11) is 0. The molecule has 3 rings (SSSR count). The zero-order valence-corrected chi connectivity index (χ0v) is 12.7. The smallest absolute Gasteiger partial charge is 0.324 e. The first-order valence-corrected chi connectivity index (χ1v) is 7.86. The van der Waals surface area contributed by atoms with Crippen molar-refractivity contribution in [2.24, 2.45) is 16.6 Å². The Hall–Kier alpha value is -1.14. The van der Waals surface area contributed by atoms with Gasteiger partial charge in [-0.25, -0.2) is 4.79 Å². The number of carbonyl (C=O) groups is 2. The van der Waals surface area contributed by atoms with E-state index in [2.05, 4.69) is 12.2 Å². The Balaban J connectivity index is 1.69. The molecule has 1 spiro atoms. The van der Waals surface area contributed by atoms with Gasteiger partial charge < -0.3 is 15.4 Å². The van der Waals surface area contributed by atoms with Crippen LogP contribution in [0.3, 0.4) is 0 Å². The van der Waals surface area contributed by atoms with Gasteiger partial charge in [0.1, 0.15) is 0 Å². The van der Waals surface area contributed by atoms with Gasteiger partial charge in [0, 0.05) is 25.7 Å². The number of hydrogen-bond acceptors (Lipinski definition) is 4. The molecule has 3 fully saturated rings. The Morgan fingerprint density at radius 2 is 2.05 bits per heavy atom. The molecule has 0 aromatic carbocycles. The van der Waals surface area contributed by atoms with Crippen LogP contribution in [0.5, 0.6) is 0 Å². The number of nitrogens with zero attached hydrogens (tertiary/aromatic N) is 1. The van der Waals surface area contributed by atoms with Crippen LogP contribution in [0.25, 0.3) is 0 Å². The van der Waals surface area contributed by atoms with E-state index < -0.39 is 5.41 Å². The first-order valence-electron chi connectivity index (χ1n) is 7.86. The van der Waals surface area contributed by atoms with Crippen molar-refractivity contribution < 1.29 is 14.3 Å². The van der Waals surface area contributed by atoms with Crippen molar-refractivity contribution in [1.82, 2.24) is 10.2 Å². The molecule has 6 heteroatoms. The SMILES string of the molecule is CC1(CN2CC3(CCOC3)C(=O)NC2=O)CCC(N)CC1. The monoisotopic (exact) mass is 295 g/mol. The number of urea groups is 1. The number of nitrogens with one attached hydrogen (secondary N) is 1. The standard InChI is InChI=1S/C15H25N3O3/c1-14(4-2-11(16)3-5-14)8-18-9-15(6-7-21-10-15)12(19)17-13(18)20/h11H,2-10,16H2,1H3,(H,17,19,20). The zero-order chi connectivity index (χ0) is 15.1. The highest BCUT2D eigenvalue weighted by Gasteiger charge is 2.49. The van der Waals surface area contributed by atoms with Crippen LogP contribution < -0.4 is 11.1 Å². The van der Waals surface area contributed by atoms with Crippen LogP contribution in [0, 0.1) is 10.8 Å². The van der Waals surface area contributed by atoms with Gasteiger partial charge in [0.15, 0.2) is 0 Å². The topological polar surface area (TPSA) is 84.7 Å². The van der Waals surface area contributed by atoms with Crippen molar-refractivity contribution in [2.75, 3.05) is 26.3 Å². The molecule has 3 aliphatic rings. The van der Waals surface area contributed by atoms with Crippen LogP contribution in [0.15, 0.2) is 0 Å². The van der Waals surface area contributed by atoms with E-state index in [9.17, 15) is 9.59 Å².